The Balaban J connectivity index is 2.74. The van der Waals surface area contributed by atoms with Crippen LogP contribution in [0.2, 0.25) is 0 Å². The Labute approximate surface area is 113 Å². The standard InChI is InChI=1S/C14H19NO4/c1-4-15(10-14(17)19-3)13(16)9-11-7-5-6-8-12(11)18-2/h5-8H,4,9-10H2,1-3H3. The van der Waals surface area contributed by atoms with Gasteiger partial charge in [-0.05, 0) is 13.0 Å². The summed E-state index contributed by atoms with van der Waals surface area (Å²) < 4.78 is 9.77. The highest BCUT2D eigenvalue weighted by Gasteiger charge is 2.17. The van der Waals surface area contributed by atoms with Gasteiger partial charge < -0.3 is 14.4 Å². The van der Waals surface area contributed by atoms with Gasteiger partial charge in [0.1, 0.15) is 12.3 Å². The highest BCUT2D eigenvalue weighted by Crippen LogP contribution is 2.18. The molecule has 0 aliphatic rings. The van der Waals surface area contributed by atoms with E-state index in [2.05, 4.69) is 4.74 Å². The van der Waals surface area contributed by atoms with Crippen molar-refractivity contribution in [3.05, 3.63) is 29.8 Å². The summed E-state index contributed by atoms with van der Waals surface area (Å²) in [6, 6.07) is 7.34. The first-order valence-electron chi connectivity index (χ1n) is 6.08. The molecular formula is C14H19NO4. The summed E-state index contributed by atoms with van der Waals surface area (Å²) in [7, 11) is 2.87. The van der Waals surface area contributed by atoms with E-state index in [4.69, 9.17) is 4.74 Å². The van der Waals surface area contributed by atoms with E-state index in [-0.39, 0.29) is 18.9 Å². The number of carbonyl (C=O) groups is 2. The van der Waals surface area contributed by atoms with Crippen molar-refractivity contribution in [2.75, 3.05) is 27.3 Å². The second-order valence-corrected chi connectivity index (χ2v) is 3.97. The van der Waals surface area contributed by atoms with Crippen LogP contribution in [-0.2, 0) is 20.7 Å². The third-order valence-electron chi connectivity index (χ3n) is 2.82. The fourth-order valence-electron chi connectivity index (χ4n) is 1.72. The van der Waals surface area contributed by atoms with Gasteiger partial charge in [0.15, 0.2) is 0 Å². The number of amides is 1. The number of carbonyl (C=O) groups excluding carboxylic acids is 2. The van der Waals surface area contributed by atoms with Gasteiger partial charge in [-0.3, -0.25) is 9.59 Å². The lowest BCUT2D eigenvalue weighted by atomic mass is 10.1. The molecule has 1 aromatic carbocycles. The fourth-order valence-corrected chi connectivity index (χ4v) is 1.72. The molecule has 0 unspecified atom stereocenters. The number of methoxy groups -OCH3 is 2. The number of para-hydroxylation sites is 1. The highest BCUT2D eigenvalue weighted by atomic mass is 16.5. The average molecular weight is 265 g/mol. The van der Waals surface area contributed by atoms with Crippen LogP contribution >= 0.6 is 0 Å². The van der Waals surface area contributed by atoms with Crippen molar-refractivity contribution >= 4 is 11.9 Å². The quantitative estimate of drug-likeness (QED) is 0.727. The van der Waals surface area contributed by atoms with E-state index in [0.29, 0.717) is 12.3 Å². The molecule has 0 atom stereocenters. The number of nitrogens with zero attached hydrogens (tertiary/aromatic N) is 1. The number of hydrogen-bond donors (Lipinski definition) is 0. The minimum atomic E-state index is -0.421. The molecule has 0 aliphatic carbocycles. The van der Waals surface area contributed by atoms with Gasteiger partial charge in [0.05, 0.1) is 20.6 Å². The maximum atomic E-state index is 12.1. The molecule has 1 rings (SSSR count). The Morgan fingerprint density at radius 3 is 2.47 bits per heavy atom. The summed E-state index contributed by atoms with van der Waals surface area (Å²) in [5, 5.41) is 0. The highest BCUT2D eigenvalue weighted by molar-refractivity contribution is 5.84. The van der Waals surface area contributed by atoms with Crippen LogP contribution in [0.5, 0.6) is 5.75 Å². The van der Waals surface area contributed by atoms with Crippen molar-refractivity contribution in [3.63, 3.8) is 0 Å². The smallest absolute Gasteiger partial charge is 0.325 e. The molecule has 0 fully saturated rings. The Morgan fingerprint density at radius 1 is 1.21 bits per heavy atom. The number of rotatable bonds is 6. The maximum absolute atomic E-state index is 12.1. The van der Waals surface area contributed by atoms with Crippen molar-refractivity contribution in [1.29, 1.82) is 0 Å². The Hall–Kier alpha value is -2.04. The molecule has 1 amide bonds. The monoisotopic (exact) mass is 265 g/mol. The van der Waals surface area contributed by atoms with Crippen molar-refractivity contribution < 1.29 is 19.1 Å². The van der Waals surface area contributed by atoms with Gasteiger partial charge in [0, 0.05) is 12.1 Å². The molecule has 0 saturated heterocycles. The summed E-state index contributed by atoms with van der Waals surface area (Å²) in [6.07, 6.45) is 0.203. The predicted octanol–water partition coefficient (Wildman–Crippen LogP) is 1.26. The van der Waals surface area contributed by atoms with Gasteiger partial charge in [-0.2, -0.15) is 0 Å². The minimum Gasteiger partial charge on any atom is -0.496 e. The first-order chi connectivity index (χ1) is 9.12. The van der Waals surface area contributed by atoms with Crippen molar-refractivity contribution in [2.24, 2.45) is 0 Å². The van der Waals surface area contributed by atoms with Gasteiger partial charge in [-0.15, -0.1) is 0 Å². The molecule has 0 bridgehead atoms. The lowest BCUT2D eigenvalue weighted by molar-refractivity contribution is -0.146. The molecule has 0 heterocycles. The average Bonchev–Trinajstić information content (AvgIpc) is 2.44. The molecule has 5 heteroatoms. The zero-order valence-corrected chi connectivity index (χ0v) is 11.5. The van der Waals surface area contributed by atoms with E-state index in [9.17, 15) is 9.59 Å². The molecule has 0 spiro atoms. The third kappa shape index (κ3) is 4.28. The van der Waals surface area contributed by atoms with Gasteiger partial charge in [-0.25, -0.2) is 0 Å². The molecule has 0 aliphatic heterocycles. The van der Waals surface area contributed by atoms with Crippen LogP contribution in [0, 0.1) is 0 Å². The topological polar surface area (TPSA) is 55.8 Å². The second-order valence-electron chi connectivity index (χ2n) is 3.97. The van der Waals surface area contributed by atoms with Gasteiger partial charge in [0.2, 0.25) is 5.91 Å². The van der Waals surface area contributed by atoms with Crippen LogP contribution in [0.25, 0.3) is 0 Å². The van der Waals surface area contributed by atoms with E-state index in [0.717, 1.165) is 5.56 Å². The molecule has 104 valence electrons. The minimum absolute atomic E-state index is 0.0268. The number of hydrogen-bond acceptors (Lipinski definition) is 4. The number of ether oxygens (including phenoxy) is 2. The van der Waals surface area contributed by atoms with E-state index in [1.807, 2.05) is 25.1 Å². The lowest BCUT2D eigenvalue weighted by Gasteiger charge is -2.20. The van der Waals surface area contributed by atoms with E-state index in [1.165, 1.54) is 12.0 Å². The molecule has 0 saturated carbocycles. The third-order valence-corrected chi connectivity index (χ3v) is 2.82. The molecule has 0 aromatic heterocycles. The zero-order valence-electron chi connectivity index (χ0n) is 11.5. The number of benzene rings is 1. The largest absolute Gasteiger partial charge is 0.496 e. The summed E-state index contributed by atoms with van der Waals surface area (Å²) in [6.45, 7) is 2.26. The second kappa shape index (κ2) is 7.41. The summed E-state index contributed by atoms with van der Waals surface area (Å²) in [5.41, 5.74) is 0.804. The SMILES string of the molecule is CCN(CC(=O)OC)C(=O)Cc1ccccc1OC. The zero-order chi connectivity index (χ0) is 14.3. The van der Waals surface area contributed by atoms with Crippen LogP contribution in [-0.4, -0.2) is 44.1 Å². The van der Waals surface area contributed by atoms with Crippen molar-refractivity contribution in [1.82, 2.24) is 4.90 Å². The van der Waals surface area contributed by atoms with Crippen molar-refractivity contribution in [3.8, 4) is 5.75 Å². The number of likely N-dealkylation sites (N-methyl/N-ethyl adjacent to an activating group) is 1. The summed E-state index contributed by atoms with van der Waals surface area (Å²) in [4.78, 5) is 24.8. The van der Waals surface area contributed by atoms with Crippen LogP contribution in [0.15, 0.2) is 24.3 Å². The Kier molecular flexibility index (Phi) is 5.85. The lowest BCUT2D eigenvalue weighted by Crippen LogP contribution is -2.37. The molecule has 19 heavy (non-hydrogen) atoms. The summed E-state index contributed by atoms with van der Waals surface area (Å²) in [5.74, 6) is 0.123. The molecule has 0 radical (unpaired) electrons. The van der Waals surface area contributed by atoms with Gasteiger partial charge in [0.25, 0.3) is 0 Å². The normalized spacial score (nSPS) is 9.84. The van der Waals surface area contributed by atoms with E-state index in [1.54, 1.807) is 13.2 Å². The van der Waals surface area contributed by atoms with Crippen LogP contribution in [0.1, 0.15) is 12.5 Å². The molecule has 1 aromatic rings. The van der Waals surface area contributed by atoms with Crippen molar-refractivity contribution in [2.45, 2.75) is 13.3 Å². The van der Waals surface area contributed by atoms with Gasteiger partial charge >= 0.3 is 5.97 Å². The fraction of sp³-hybridized carbons (Fsp3) is 0.429. The first kappa shape index (κ1) is 15.0. The Morgan fingerprint density at radius 2 is 1.89 bits per heavy atom. The van der Waals surface area contributed by atoms with Crippen LogP contribution in [0.4, 0.5) is 0 Å². The Bertz CT molecular complexity index is 445. The predicted molar refractivity (Wildman–Crippen MR) is 71.0 cm³/mol. The maximum Gasteiger partial charge on any atom is 0.325 e. The number of esters is 1. The van der Waals surface area contributed by atoms with Crippen LogP contribution in [0.3, 0.4) is 0 Å². The molecule has 5 nitrogen and oxygen atoms in total. The summed E-state index contributed by atoms with van der Waals surface area (Å²) >= 11 is 0. The molecular weight excluding hydrogens is 246 g/mol. The van der Waals surface area contributed by atoms with E-state index >= 15 is 0 Å². The first-order valence-corrected chi connectivity index (χ1v) is 6.08. The van der Waals surface area contributed by atoms with Gasteiger partial charge in [-0.1, -0.05) is 18.2 Å². The van der Waals surface area contributed by atoms with Crippen LogP contribution < -0.4 is 4.74 Å². The molecule has 0 N–H and O–H groups in total. The van der Waals surface area contributed by atoms with E-state index < -0.39 is 5.97 Å².